The molecule has 1 N–H and O–H groups in total. The topological polar surface area (TPSA) is 86.6 Å². The van der Waals surface area contributed by atoms with E-state index in [0.29, 0.717) is 38.6 Å². The summed E-state index contributed by atoms with van der Waals surface area (Å²) < 4.78 is 3.04. The fraction of sp³-hybridized carbons (Fsp3) is 0.515. The molecule has 4 heterocycles. The lowest BCUT2D eigenvalue weighted by Gasteiger charge is -2.46. The number of benzene rings is 1. The minimum Gasteiger partial charge on any atom is -0.341 e. The number of carbonyl (C=O) groups is 2. The number of hydrogen-bond donors (Lipinski definition) is 1. The molecule has 3 atom stereocenters. The third-order valence-corrected chi connectivity index (χ3v) is 9.62. The second-order valence-electron chi connectivity index (χ2n) is 13.4. The zero-order valence-corrected chi connectivity index (χ0v) is 28.0. The Morgan fingerprint density at radius 2 is 1.91 bits per heavy atom. The molecule has 3 aromatic rings. The Hall–Kier alpha value is -2.95. The Labute approximate surface area is 273 Å². The van der Waals surface area contributed by atoms with Gasteiger partial charge in [-0.2, -0.15) is 0 Å². The van der Waals surface area contributed by atoms with E-state index in [1.807, 2.05) is 50.5 Å². The first-order chi connectivity index (χ1) is 21.1. The first-order valence-corrected chi connectivity index (χ1v) is 16.7. The van der Waals surface area contributed by atoms with E-state index >= 15 is 0 Å². The number of aryl methyl sites for hydroxylation is 2. The maximum absolute atomic E-state index is 14.5. The molecule has 0 radical (unpaired) electrons. The van der Waals surface area contributed by atoms with E-state index in [1.165, 1.54) is 16.7 Å². The molecule has 1 aliphatic carbocycles. The summed E-state index contributed by atoms with van der Waals surface area (Å²) in [5.41, 5.74) is 4.14. The van der Waals surface area contributed by atoms with Crippen LogP contribution in [0.2, 0.25) is 5.02 Å². The van der Waals surface area contributed by atoms with Crippen LogP contribution in [0.3, 0.4) is 0 Å². The van der Waals surface area contributed by atoms with Crippen LogP contribution in [-0.2, 0) is 24.2 Å². The average Bonchev–Trinajstić information content (AvgIpc) is 3.44. The van der Waals surface area contributed by atoms with Gasteiger partial charge in [0, 0.05) is 72.9 Å². The number of nitrogens with zero attached hydrogens (tertiary/aromatic N) is 6. The van der Waals surface area contributed by atoms with Crippen LogP contribution in [0.5, 0.6) is 0 Å². The van der Waals surface area contributed by atoms with Gasteiger partial charge in [0.15, 0.2) is 0 Å². The molecule has 0 spiro atoms. The summed E-state index contributed by atoms with van der Waals surface area (Å²) >= 11 is 10.1. The molecule has 2 aliphatic heterocycles. The van der Waals surface area contributed by atoms with Crippen LogP contribution in [0.4, 0.5) is 4.79 Å². The number of aromatic nitrogens is 3. The molecule has 0 unspecified atom stereocenters. The van der Waals surface area contributed by atoms with E-state index in [4.69, 9.17) is 16.6 Å². The van der Waals surface area contributed by atoms with Gasteiger partial charge in [0.1, 0.15) is 6.04 Å². The SMILES string of the molecule is CC(C)(C)NC(=O)N1CCN([C@@H]2c3ccc(Cl)cc3CCc3cc(Br)cnc32)C[C@@H]1C(=O)N1CCC[C@H](Cn2ccnc2)C1. The zero-order chi connectivity index (χ0) is 31.0. The highest BCUT2D eigenvalue weighted by atomic mass is 79.9. The van der Waals surface area contributed by atoms with Crippen LogP contribution in [0.15, 0.2) is 53.7 Å². The number of imidazole rings is 1. The maximum atomic E-state index is 14.5. The largest absolute Gasteiger partial charge is 0.341 e. The highest BCUT2D eigenvalue weighted by molar-refractivity contribution is 9.10. The number of amides is 3. The van der Waals surface area contributed by atoms with Gasteiger partial charge in [-0.05, 0) is 103 Å². The summed E-state index contributed by atoms with van der Waals surface area (Å²) in [5.74, 6) is 0.356. The fourth-order valence-electron chi connectivity index (χ4n) is 6.99. The lowest BCUT2D eigenvalue weighted by molar-refractivity contribution is -0.140. The lowest BCUT2D eigenvalue weighted by atomic mass is 9.94. The molecule has 2 aromatic heterocycles. The number of carbonyl (C=O) groups excluding carboxylic acids is 2. The summed E-state index contributed by atoms with van der Waals surface area (Å²) in [6.07, 6.45) is 11.2. The number of pyridine rings is 1. The summed E-state index contributed by atoms with van der Waals surface area (Å²) in [6, 6.07) is 7.32. The van der Waals surface area contributed by atoms with Crippen LogP contribution in [0.25, 0.3) is 0 Å². The quantitative estimate of drug-likeness (QED) is 0.403. The van der Waals surface area contributed by atoms with Gasteiger partial charge in [-0.1, -0.05) is 17.7 Å². The van der Waals surface area contributed by atoms with Crippen LogP contribution in [-0.4, -0.2) is 85.5 Å². The molecule has 9 nitrogen and oxygen atoms in total. The molecule has 3 amide bonds. The number of piperazine rings is 1. The summed E-state index contributed by atoms with van der Waals surface area (Å²) in [6.45, 7) is 9.59. The molecule has 1 aromatic carbocycles. The van der Waals surface area contributed by atoms with Gasteiger partial charge in [0.2, 0.25) is 5.91 Å². The van der Waals surface area contributed by atoms with Crippen molar-refractivity contribution < 1.29 is 9.59 Å². The first kappa shape index (κ1) is 31.0. The molecule has 44 heavy (non-hydrogen) atoms. The van der Waals surface area contributed by atoms with E-state index in [2.05, 4.69) is 53.9 Å². The fourth-order valence-corrected chi connectivity index (χ4v) is 7.56. The number of hydrogen-bond acceptors (Lipinski definition) is 5. The first-order valence-electron chi connectivity index (χ1n) is 15.6. The van der Waals surface area contributed by atoms with Crippen LogP contribution in [0.1, 0.15) is 62.0 Å². The van der Waals surface area contributed by atoms with Crippen molar-refractivity contribution in [1.82, 2.24) is 34.6 Å². The monoisotopic (exact) mass is 681 g/mol. The molecule has 11 heteroatoms. The van der Waals surface area contributed by atoms with E-state index in [9.17, 15) is 9.59 Å². The molecular formula is C33H41BrClN7O2. The van der Waals surface area contributed by atoms with E-state index in [1.54, 1.807) is 11.1 Å². The van der Waals surface area contributed by atoms with E-state index in [0.717, 1.165) is 47.4 Å². The van der Waals surface area contributed by atoms with Crippen molar-refractivity contribution in [2.45, 2.75) is 70.6 Å². The van der Waals surface area contributed by atoms with Crippen molar-refractivity contribution in [2.75, 3.05) is 32.7 Å². The Balaban J connectivity index is 1.32. The van der Waals surface area contributed by atoms with Crippen LogP contribution >= 0.6 is 27.5 Å². The van der Waals surface area contributed by atoms with Gasteiger partial charge in [-0.3, -0.25) is 14.7 Å². The molecule has 2 saturated heterocycles. The van der Waals surface area contributed by atoms with Gasteiger partial charge in [0.05, 0.1) is 18.1 Å². The van der Waals surface area contributed by atoms with Gasteiger partial charge in [-0.15, -0.1) is 0 Å². The molecule has 6 rings (SSSR count). The maximum Gasteiger partial charge on any atom is 0.318 e. The highest BCUT2D eigenvalue weighted by Gasteiger charge is 2.43. The normalized spacial score (nSPS) is 22.6. The predicted octanol–water partition coefficient (Wildman–Crippen LogP) is 5.32. The molecular weight excluding hydrogens is 642 g/mol. The smallest absolute Gasteiger partial charge is 0.318 e. The summed E-state index contributed by atoms with van der Waals surface area (Å²) in [4.78, 5) is 43.4. The van der Waals surface area contributed by atoms with Crippen molar-refractivity contribution in [3.63, 3.8) is 0 Å². The van der Waals surface area contributed by atoms with Crippen molar-refractivity contribution >= 4 is 39.5 Å². The summed E-state index contributed by atoms with van der Waals surface area (Å²) in [7, 11) is 0. The predicted molar refractivity (Wildman–Crippen MR) is 175 cm³/mol. The van der Waals surface area contributed by atoms with Gasteiger partial charge < -0.3 is 19.7 Å². The van der Waals surface area contributed by atoms with Gasteiger partial charge in [-0.25, -0.2) is 9.78 Å². The average molecular weight is 683 g/mol. The molecule has 0 bridgehead atoms. The molecule has 3 aliphatic rings. The minimum atomic E-state index is -0.615. The van der Waals surface area contributed by atoms with Crippen molar-refractivity contribution in [3.05, 3.63) is 81.1 Å². The van der Waals surface area contributed by atoms with Crippen LogP contribution in [0, 0.1) is 5.92 Å². The second kappa shape index (κ2) is 12.8. The molecule has 2 fully saturated rings. The lowest BCUT2D eigenvalue weighted by Crippen LogP contribution is -2.65. The standard InChI is InChI=1S/C33H41BrClN7O2/c1-33(2,3)38-32(44)42-14-13-40(20-28(42)31(43)41-11-4-5-22(19-41)18-39-12-10-36-21-39)30-27-9-8-26(35)16-23(27)6-7-24-15-25(34)17-37-29(24)30/h8-10,12,15-17,21-22,28,30H,4-7,11,13-14,18-20H2,1-3H3,(H,38,44)/t22-,28-,30-/m1/s1. The minimum absolute atomic E-state index is 0.0167. The number of piperidine rings is 1. The Bertz CT molecular complexity index is 1450. The van der Waals surface area contributed by atoms with Crippen molar-refractivity contribution in [1.29, 1.82) is 0 Å². The van der Waals surface area contributed by atoms with Crippen molar-refractivity contribution in [2.24, 2.45) is 5.92 Å². The molecule has 234 valence electrons. The number of halogens is 2. The number of rotatable bonds is 4. The Morgan fingerprint density at radius 1 is 1.09 bits per heavy atom. The highest BCUT2D eigenvalue weighted by Crippen LogP contribution is 2.39. The second-order valence-corrected chi connectivity index (χ2v) is 14.7. The van der Waals surface area contributed by atoms with Crippen molar-refractivity contribution in [3.8, 4) is 0 Å². The van der Waals surface area contributed by atoms with Gasteiger partial charge >= 0.3 is 6.03 Å². The Kier molecular flexibility index (Phi) is 9.04. The Morgan fingerprint density at radius 3 is 2.68 bits per heavy atom. The summed E-state index contributed by atoms with van der Waals surface area (Å²) in [5, 5.41) is 3.84. The van der Waals surface area contributed by atoms with E-state index in [-0.39, 0.29) is 18.0 Å². The van der Waals surface area contributed by atoms with E-state index < -0.39 is 11.6 Å². The van der Waals surface area contributed by atoms with Crippen LogP contribution < -0.4 is 5.32 Å². The molecule has 0 saturated carbocycles. The number of urea groups is 1. The number of fused-ring (bicyclic) bond motifs is 2. The van der Waals surface area contributed by atoms with Gasteiger partial charge in [0.25, 0.3) is 0 Å². The third kappa shape index (κ3) is 6.82. The third-order valence-electron chi connectivity index (χ3n) is 8.95. The number of nitrogens with one attached hydrogen (secondary N) is 1. The number of likely N-dealkylation sites (tertiary alicyclic amines) is 1. The zero-order valence-electron chi connectivity index (χ0n) is 25.7.